The van der Waals surface area contributed by atoms with Gasteiger partial charge in [-0.1, -0.05) is 56.3 Å². The Morgan fingerprint density at radius 1 is 0.955 bits per heavy atom. The molecule has 4 aromatic heterocycles. The van der Waals surface area contributed by atoms with E-state index < -0.39 is 6.10 Å². The van der Waals surface area contributed by atoms with Crippen molar-refractivity contribution < 1.29 is 9.84 Å². The van der Waals surface area contributed by atoms with Crippen molar-refractivity contribution in [3.63, 3.8) is 0 Å². The Bertz CT molecular complexity index is 1930. The van der Waals surface area contributed by atoms with Gasteiger partial charge in [-0.05, 0) is 30.5 Å². The largest absolute Gasteiger partial charge is 0.386 e. The van der Waals surface area contributed by atoms with Crippen LogP contribution in [0.4, 0.5) is 0 Å². The van der Waals surface area contributed by atoms with Crippen LogP contribution in [0, 0.1) is 6.92 Å². The van der Waals surface area contributed by atoms with Crippen molar-refractivity contribution in [1.82, 2.24) is 39.2 Å². The molecular formula is C34H38N8O2. The zero-order valence-electron chi connectivity index (χ0n) is 25.7. The Morgan fingerprint density at radius 2 is 1.75 bits per heavy atom. The average molecular weight is 591 g/mol. The van der Waals surface area contributed by atoms with Gasteiger partial charge in [-0.3, -0.25) is 14.3 Å². The first kappa shape index (κ1) is 28.4. The molecule has 44 heavy (non-hydrogen) atoms. The normalized spacial score (nSPS) is 15.1. The molecule has 0 bridgehead atoms. The lowest BCUT2D eigenvalue weighted by Crippen LogP contribution is -2.36. The minimum Gasteiger partial charge on any atom is -0.386 e. The second kappa shape index (κ2) is 11.6. The van der Waals surface area contributed by atoms with Crippen molar-refractivity contribution in [1.29, 1.82) is 0 Å². The molecule has 0 aliphatic carbocycles. The summed E-state index contributed by atoms with van der Waals surface area (Å²) in [4.78, 5) is 7.44. The standard InChI is InChI=1S/C34H38N8O2/c1-22(2)32-23(3)42(30-17-25-18-39(4)38-34(25)35-29(30)20-40-13-15-44-16-14-40)37-33(32)26-11-8-12-28-27(26)19-41(36-28)21-31(43)24-9-6-5-7-10-24/h5-12,17-19,22,31,43H,13-16,20-21H2,1-4H3/t31-/m0/s1. The number of hydrogen-bond acceptors (Lipinski definition) is 7. The second-order valence-electron chi connectivity index (χ2n) is 12.0. The van der Waals surface area contributed by atoms with Crippen LogP contribution < -0.4 is 0 Å². The van der Waals surface area contributed by atoms with Crippen molar-refractivity contribution in [2.75, 3.05) is 26.3 Å². The summed E-state index contributed by atoms with van der Waals surface area (Å²) in [5, 5.41) is 27.6. The minimum absolute atomic E-state index is 0.238. The summed E-state index contributed by atoms with van der Waals surface area (Å²) in [6.45, 7) is 10.8. The van der Waals surface area contributed by atoms with E-state index in [2.05, 4.69) is 47.6 Å². The molecule has 0 radical (unpaired) electrons. The third-order valence-electron chi connectivity index (χ3n) is 8.51. The molecule has 7 rings (SSSR count). The van der Waals surface area contributed by atoms with E-state index in [9.17, 15) is 5.11 Å². The summed E-state index contributed by atoms with van der Waals surface area (Å²) in [6, 6.07) is 18.1. The Kier molecular flexibility index (Phi) is 7.49. The molecule has 1 N–H and O–H groups in total. The van der Waals surface area contributed by atoms with Gasteiger partial charge >= 0.3 is 0 Å². The molecule has 1 saturated heterocycles. The average Bonchev–Trinajstić information content (AvgIpc) is 3.70. The maximum absolute atomic E-state index is 10.9. The zero-order chi connectivity index (χ0) is 30.4. The molecular weight excluding hydrogens is 552 g/mol. The molecule has 0 amide bonds. The molecule has 226 valence electrons. The van der Waals surface area contributed by atoms with Crippen LogP contribution in [-0.4, -0.2) is 70.6 Å². The topological polar surface area (TPSA) is 99.0 Å². The summed E-state index contributed by atoms with van der Waals surface area (Å²) in [5.41, 5.74) is 8.65. The van der Waals surface area contributed by atoms with Crippen LogP contribution in [0.1, 0.15) is 48.4 Å². The van der Waals surface area contributed by atoms with Crippen LogP contribution in [0.2, 0.25) is 0 Å². The van der Waals surface area contributed by atoms with Crippen molar-refractivity contribution >= 4 is 21.9 Å². The highest BCUT2D eigenvalue weighted by atomic mass is 16.5. The molecule has 2 aromatic carbocycles. The number of benzene rings is 2. The fourth-order valence-corrected chi connectivity index (χ4v) is 6.36. The number of pyridine rings is 1. The van der Waals surface area contributed by atoms with Gasteiger partial charge in [0.1, 0.15) is 0 Å². The van der Waals surface area contributed by atoms with Gasteiger partial charge in [0, 0.05) is 66.7 Å². The third-order valence-corrected chi connectivity index (χ3v) is 8.51. The second-order valence-corrected chi connectivity index (χ2v) is 12.0. The summed E-state index contributed by atoms with van der Waals surface area (Å²) in [7, 11) is 1.93. The summed E-state index contributed by atoms with van der Waals surface area (Å²) >= 11 is 0. The minimum atomic E-state index is -0.651. The van der Waals surface area contributed by atoms with Crippen LogP contribution in [-0.2, 0) is 24.9 Å². The quantitative estimate of drug-likeness (QED) is 0.261. The molecule has 0 unspecified atom stereocenters. The van der Waals surface area contributed by atoms with Crippen LogP contribution >= 0.6 is 0 Å². The maximum Gasteiger partial charge on any atom is 0.181 e. The fourth-order valence-electron chi connectivity index (χ4n) is 6.36. The van der Waals surface area contributed by atoms with Gasteiger partial charge in [0.25, 0.3) is 0 Å². The van der Waals surface area contributed by atoms with Gasteiger partial charge in [0.2, 0.25) is 0 Å². The molecule has 1 fully saturated rings. The lowest BCUT2D eigenvalue weighted by Gasteiger charge is -2.27. The van der Waals surface area contributed by atoms with Gasteiger partial charge < -0.3 is 9.84 Å². The number of aromatic nitrogens is 7. The Balaban J connectivity index is 1.33. The van der Waals surface area contributed by atoms with E-state index in [-0.39, 0.29) is 5.92 Å². The number of nitrogens with zero attached hydrogens (tertiary/aromatic N) is 8. The summed E-state index contributed by atoms with van der Waals surface area (Å²) in [6.07, 6.45) is 3.39. The van der Waals surface area contributed by atoms with Gasteiger partial charge in [-0.25, -0.2) is 9.67 Å². The molecule has 0 spiro atoms. The summed E-state index contributed by atoms with van der Waals surface area (Å²) in [5.74, 6) is 0.238. The van der Waals surface area contributed by atoms with E-state index in [0.29, 0.717) is 13.1 Å². The van der Waals surface area contributed by atoms with Gasteiger partial charge in [0.05, 0.1) is 48.5 Å². The van der Waals surface area contributed by atoms with E-state index in [0.717, 1.165) is 82.1 Å². The monoisotopic (exact) mass is 590 g/mol. The number of aliphatic hydroxyl groups is 1. The first-order valence-electron chi connectivity index (χ1n) is 15.3. The van der Waals surface area contributed by atoms with E-state index in [1.54, 1.807) is 0 Å². The van der Waals surface area contributed by atoms with E-state index in [1.165, 1.54) is 5.56 Å². The molecule has 1 atom stereocenters. The Labute approximate surface area is 256 Å². The first-order chi connectivity index (χ1) is 21.4. The van der Waals surface area contributed by atoms with Crippen LogP contribution in [0.15, 0.2) is 67.0 Å². The van der Waals surface area contributed by atoms with E-state index in [4.69, 9.17) is 19.9 Å². The van der Waals surface area contributed by atoms with Gasteiger partial charge in [-0.15, -0.1) is 0 Å². The van der Waals surface area contributed by atoms with Crippen molar-refractivity contribution in [2.24, 2.45) is 7.05 Å². The SMILES string of the molecule is Cc1c(C(C)C)c(-c2cccc3nn(C[C@H](O)c4ccccc4)cc23)nn1-c1cc2cn(C)nc2nc1CN1CCOCC1. The van der Waals surface area contributed by atoms with Crippen molar-refractivity contribution in [3.05, 3.63) is 89.5 Å². The molecule has 5 heterocycles. The molecule has 10 nitrogen and oxygen atoms in total. The lowest BCUT2D eigenvalue weighted by molar-refractivity contribution is 0.0336. The van der Waals surface area contributed by atoms with E-state index >= 15 is 0 Å². The summed E-state index contributed by atoms with van der Waals surface area (Å²) < 4.78 is 11.3. The predicted molar refractivity (Wildman–Crippen MR) is 171 cm³/mol. The Hall–Kier alpha value is -4.38. The molecule has 1 aliphatic rings. The molecule has 0 saturated carbocycles. The zero-order valence-corrected chi connectivity index (χ0v) is 25.7. The van der Waals surface area contributed by atoms with Crippen LogP contribution in [0.25, 0.3) is 38.9 Å². The Morgan fingerprint density at radius 3 is 2.52 bits per heavy atom. The number of rotatable bonds is 8. The number of hydrogen-bond donors (Lipinski definition) is 1. The first-order valence-corrected chi connectivity index (χ1v) is 15.3. The number of aryl methyl sites for hydroxylation is 1. The highest BCUT2D eigenvalue weighted by molar-refractivity contribution is 5.94. The third kappa shape index (κ3) is 5.29. The van der Waals surface area contributed by atoms with Gasteiger partial charge in [-0.2, -0.15) is 15.3 Å². The van der Waals surface area contributed by atoms with Crippen LogP contribution in [0.3, 0.4) is 0 Å². The van der Waals surface area contributed by atoms with Crippen molar-refractivity contribution in [3.8, 4) is 16.9 Å². The number of ether oxygens (including phenoxy) is 1. The lowest BCUT2D eigenvalue weighted by atomic mass is 9.95. The van der Waals surface area contributed by atoms with Gasteiger partial charge in [0.15, 0.2) is 5.65 Å². The fraction of sp³-hybridized carbons (Fsp3) is 0.353. The predicted octanol–water partition coefficient (Wildman–Crippen LogP) is 5.17. The molecule has 10 heteroatoms. The molecule has 1 aliphatic heterocycles. The van der Waals surface area contributed by atoms with Crippen molar-refractivity contribution in [2.45, 2.75) is 45.9 Å². The molecule has 6 aromatic rings. The number of fused-ring (bicyclic) bond motifs is 2. The number of aliphatic hydroxyl groups excluding tert-OH is 1. The highest BCUT2D eigenvalue weighted by Crippen LogP contribution is 2.37. The number of morpholine rings is 1. The van der Waals surface area contributed by atoms with E-state index in [1.807, 2.05) is 71.3 Å². The van der Waals surface area contributed by atoms with Crippen LogP contribution in [0.5, 0.6) is 0 Å². The highest BCUT2D eigenvalue weighted by Gasteiger charge is 2.25. The maximum atomic E-state index is 10.9. The smallest absolute Gasteiger partial charge is 0.181 e.